The molecule has 0 unspecified atom stereocenters. The second-order valence-electron chi connectivity index (χ2n) is 4.94. The van der Waals surface area contributed by atoms with Crippen LogP contribution in [0.15, 0.2) is 59.7 Å². The monoisotopic (exact) mass is 311 g/mol. The number of hydrogen-bond acceptors (Lipinski definition) is 5. The summed E-state index contributed by atoms with van der Waals surface area (Å²) in [6.45, 7) is 0.217. The van der Waals surface area contributed by atoms with Crippen molar-refractivity contribution in [2.75, 3.05) is 6.61 Å². The predicted octanol–water partition coefficient (Wildman–Crippen LogP) is 3.12. The smallest absolute Gasteiger partial charge is 0.431 e. The summed E-state index contributed by atoms with van der Waals surface area (Å²) < 4.78 is 5.05. The van der Waals surface area contributed by atoms with Crippen molar-refractivity contribution in [3.8, 4) is 0 Å². The van der Waals surface area contributed by atoms with E-state index >= 15 is 0 Å². The third-order valence-corrected chi connectivity index (χ3v) is 3.44. The van der Waals surface area contributed by atoms with Crippen LogP contribution in [0.25, 0.3) is 0 Å². The molecule has 0 aliphatic carbocycles. The van der Waals surface area contributed by atoms with Gasteiger partial charge in [0, 0.05) is 17.7 Å². The third-order valence-electron chi connectivity index (χ3n) is 3.44. The second kappa shape index (κ2) is 6.27. The van der Waals surface area contributed by atoms with Crippen LogP contribution in [0.4, 0.5) is 10.5 Å². The first kappa shape index (κ1) is 14.7. The Labute approximate surface area is 131 Å². The molecule has 1 fully saturated rings. The van der Waals surface area contributed by atoms with Gasteiger partial charge in [-0.3, -0.25) is 10.1 Å². The lowest BCUT2D eigenvalue weighted by Crippen LogP contribution is -2.22. The van der Waals surface area contributed by atoms with Crippen LogP contribution in [0.5, 0.6) is 0 Å². The topological polar surface area (TPSA) is 85.0 Å². The summed E-state index contributed by atoms with van der Waals surface area (Å²) in [5, 5.41) is 16.2. The summed E-state index contributed by atoms with van der Waals surface area (Å²) >= 11 is 0. The van der Waals surface area contributed by atoms with Gasteiger partial charge in [-0.05, 0) is 5.56 Å². The van der Waals surface area contributed by atoms with Crippen LogP contribution in [-0.2, 0) is 4.74 Å². The number of hydrazone groups is 1. The minimum Gasteiger partial charge on any atom is -0.445 e. The summed E-state index contributed by atoms with van der Waals surface area (Å²) in [6.07, 6.45) is 0.871. The van der Waals surface area contributed by atoms with Crippen LogP contribution >= 0.6 is 0 Å². The number of carbonyl (C=O) groups is 1. The van der Waals surface area contributed by atoms with E-state index in [1.165, 1.54) is 23.4 Å². The van der Waals surface area contributed by atoms with Crippen molar-refractivity contribution in [2.45, 2.75) is 6.04 Å². The van der Waals surface area contributed by atoms with Gasteiger partial charge in [0.25, 0.3) is 5.69 Å². The number of nitro benzene ring substituents is 1. The number of amides is 1. The lowest BCUT2D eigenvalue weighted by atomic mass is 10.1. The Hall–Kier alpha value is -3.22. The summed E-state index contributed by atoms with van der Waals surface area (Å²) in [4.78, 5) is 22.1. The molecule has 0 N–H and O–H groups in total. The van der Waals surface area contributed by atoms with E-state index in [4.69, 9.17) is 4.74 Å². The Morgan fingerprint density at radius 3 is 2.74 bits per heavy atom. The fourth-order valence-electron chi connectivity index (χ4n) is 2.30. The molecule has 0 aromatic heterocycles. The molecular weight excluding hydrogens is 298 g/mol. The lowest BCUT2D eigenvalue weighted by Gasteiger charge is -2.15. The molecule has 7 heteroatoms. The van der Waals surface area contributed by atoms with E-state index in [0.717, 1.165) is 5.56 Å². The highest BCUT2D eigenvalue weighted by atomic mass is 16.6. The Morgan fingerprint density at radius 2 is 2.00 bits per heavy atom. The molecule has 1 amide bonds. The number of ether oxygens (including phenoxy) is 1. The van der Waals surface area contributed by atoms with Gasteiger partial charge in [-0.25, -0.2) is 4.79 Å². The average Bonchev–Trinajstić information content (AvgIpc) is 2.95. The van der Waals surface area contributed by atoms with Crippen molar-refractivity contribution >= 4 is 18.0 Å². The maximum absolute atomic E-state index is 11.8. The molecule has 0 radical (unpaired) electrons. The van der Waals surface area contributed by atoms with Crippen molar-refractivity contribution < 1.29 is 14.5 Å². The van der Waals surface area contributed by atoms with Gasteiger partial charge in [-0.1, -0.05) is 42.5 Å². The Morgan fingerprint density at radius 1 is 1.22 bits per heavy atom. The molecule has 0 saturated carbocycles. The molecule has 23 heavy (non-hydrogen) atoms. The molecule has 3 rings (SSSR count). The van der Waals surface area contributed by atoms with Gasteiger partial charge in [-0.2, -0.15) is 10.1 Å². The van der Waals surface area contributed by atoms with Crippen LogP contribution in [0.1, 0.15) is 17.2 Å². The molecule has 1 aliphatic rings. The number of nitro groups is 1. The van der Waals surface area contributed by atoms with E-state index in [9.17, 15) is 14.9 Å². The summed E-state index contributed by atoms with van der Waals surface area (Å²) in [7, 11) is 0. The zero-order valence-electron chi connectivity index (χ0n) is 12.0. The Bertz CT molecular complexity index is 761. The molecule has 1 aliphatic heterocycles. The van der Waals surface area contributed by atoms with E-state index in [-0.39, 0.29) is 18.3 Å². The van der Waals surface area contributed by atoms with Gasteiger partial charge in [0.1, 0.15) is 12.6 Å². The number of non-ortho nitro benzene ring substituents is 1. The molecule has 2 aromatic carbocycles. The minimum atomic E-state index is -0.541. The molecule has 116 valence electrons. The number of cyclic esters (lactones) is 1. The van der Waals surface area contributed by atoms with E-state index in [1.807, 2.05) is 30.3 Å². The summed E-state index contributed by atoms with van der Waals surface area (Å²) in [6, 6.07) is 15.1. The van der Waals surface area contributed by atoms with Crippen molar-refractivity contribution in [3.05, 3.63) is 75.8 Å². The maximum Gasteiger partial charge on any atom is 0.431 e. The van der Waals surface area contributed by atoms with Gasteiger partial charge in [0.2, 0.25) is 0 Å². The minimum absolute atomic E-state index is 0.0300. The Kier molecular flexibility index (Phi) is 4.01. The van der Waals surface area contributed by atoms with E-state index in [2.05, 4.69) is 5.10 Å². The number of hydrogen-bond donors (Lipinski definition) is 0. The van der Waals surface area contributed by atoms with Crippen molar-refractivity contribution in [3.63, 3.8) is 0 Å². The van der Waals surface area contributed by atoms with Gasteiger partial charge in [0.05, 0.1) is 11.1 Å². The first-order valence-electron chi connectivity index (χ1n) is 6.94. The maximum atomic E-state index is 11.8. The number of rotatable bonds is 4. The highest BCUT2D eigenvalue weighted by Crippen LogP contribution is 2.27. The van der Waals surface area contributed by atoms with Gasteiger partial charge in [-0.15, -0.1) is 0 Å². The SMILES string of the molecule is O=C1OC[C@H](c2ccccc2)N1/N=C/c1cccc([N+](=O)[O-])c1. The molecule has 2 aromatic rings. The van der Waals surface area contributed by atoms with Crippen LogP contribution in [0, 0.1) is 10.1 Å². The predicted molar refractivity (Wildman–Crippen MR) is 83.1 cm³/mol. The normalized spacial score (nSPS) is 17.5. The molecule has 1 atom stereocenters. The number of carbonyl (C=O) groups excluding carboxylic acids is 1. The molecule has 0 spiro atoms. The molecular formula is C16H13N3O4. The zero-order chi connectivity index (χ0) is 16.2. The second-order valence-corrected chi connectivity index (χ2v) is 4.94. The highest BCUT2D eigenvalue weighted by molar-refractivity contribution is 5.82. The Balaban J connectivity index is 1.83. The van der Waals surface area contributed by atoms with E-state index in [0.29, 0.717) is 5.56 Å². The quantitative estimate of drug-likeness (QED) is 0.493. The largest absolute Gasteiger partial charge is 0.445 e. The molecule has 0 bridgehead atoms. The van der Waals surface area contributed by atoms with E-state index < -0.39 is 11.0 Å². The van der Waals surface area contributed by atoms with E-state index in [1.54, 1.807) is 12.1 Å². The fourth-order valence-corrected chi connectivity index (χ4v) is 2.30. The van der Waals surface area contributed by atoms with Crippen LogP contribution < -0.4 is 0 Å². The van der Waals surface area contributed by atoms with Crippen molar-refractivity contribution in [1.82, 2.24) is 5.01 Å². The lowest BCUT2D eigenvalue weighted by molar-refractivity contribution is -0.384. The van der Waals surface area contributed by atoms with Crippen LogP contribution in [0.2, 0.25) is 0 Å². The van der Waals surface area contributed by atoms with Gasteiger partial charge >= 0.3 is 6.09 Å². The number of benzene rings is 2. The highest BCUT2D eigenvalue weighted by Gasteiger charge is 2.34. The third kappa shape index (κ3) is 3.18. The summed E-state index contributed by atoms with van der Waals surface area (Å²) in [5.74, 6) is 0. The van der Waals surface area contributed by atoms with Crippen LogP contribution in [-0.4, -0.2) is 28.8 Å². The molecule has 7 nitrogen and oxygen atoms in total. The van der Waals surface area contributed by atoms with Crippen molar-refractivity contribution in [1.29, 1.82) is 0 Å². The van der Waals surface area contributed by atoms with Crippen molar-refractivity contribution in [2.24, 2.45) is 5.10 Å². The summed E-state index contributed by atoms with van der Waals surface area (Å²) in [5.41, 5.74) is 1.41. The van der Waals surface area contributed by atoms with Gasteiger partial charge < -0.3 is 4.74 Å². The number of nitrogens with zero attached hydrogens (tertiary/aromatic N) is 3. The standard InChI is InChI=1S/C16H13N3O4/c20-16-18(15(11-23-16)13-6-2-1-3-7-13)17-10-12-5-4-8-14(9-12)19(21)22/h1-10,15H,11H2/b17-10+/t15-/m1/s1. The first-order chi connectivity index (χ1) is 11.1. The average molecular weight is 311 g/mol. The van der Waals surface area contributed by atoms with Crippen LogP contribution in [0.3, 0.4) is 0 Å². The van der Waals surface area contributed by atoms with Gasteiger partial charge in [0.15, 0.2) is 0 Å². The molecule has 1 heterocycles. The first-order valence-corrected chi connectivity index (χ1v) is 6.94. The fraction of sp³-hybridized carbons (Fsp3) is 0.125. The zero-order valence-corrected chi connectivity index (χ0v) is 12.0. The molecule has 1 saturated heterocycles.